The molecule has 0 spiro atoms. The van der Waals surface area contributed by atoms with Crippen molar-refractivity contribution in [2.24, 2.45) is 0 Å². The Morgan fingerprint density at radius 3 is 2.37 bits per heavy atom. The van der Waals surface area contributed by atoms with Gasteiger partial charge in [0.1, 0.15) is 11.6 Å². The van der Waals surface area contributed by atoms with Gasteiger partial charge >= 0.3 is 6.18 Å². The number of alkyl halides is 3. The minimum atomic E-state index is -4.59. The van der Waals surface area contributed by atoms with Crippen molar-refractivity contribution in [3.63, 3.8) is 0 Å². The Balaban J connectivity index is 1.15. The van der Waals surface area contributed by atoms with Crippen LogP contribution in [0.3, 0.4) is 0 Å². The molecule has 1 aromatic carbocycles. The zero-order valence-corrected chi connectivity index (χ0v) is 20.1. The van der Waals surface area contributed by atoms with E-state index in [-0.39, 0.29) is 18.0 Å². The molecule has 2 heterocycles. The van der Waals surface area contributed by atoms with Gasteiger partial charge < -0.3 is 14.4 Å². The summed E-state index contributed by atoms with van der Waals surface area (Å²) in [5.74, 6) is 1.09. The van der Waals surface area contributed by atoms with Crippen LogP contribution in [0.5, 0.6) is 5.75 Å². The number of piperazine rings is 1. The minimum Gasteiger partial charge on any atom is -0.490 e. The van der Waals surface area contributed by atoms with Crippen LogP contribution in [0.4, 0.5) is 19.0 Å². The number of hydrogen-bond donors (Lipinski definition) is 0. The smallest absolute Gasteiger partial charge is 0.417 e. The predicted octanol–water partition coefficient (Wildman–Crippen LogP) is 5.15. The number of aromatic nitrogens is 1. The van der Waals surface area contributed by atoms with Crippen LogP contribution in [-0.4, -0.2) is 61.4 Å². The summed E-state index contributed by atoms with van der Waals surface area (Å²) in [6, 6.07) is 8.90. The second kappa shape index (κ2) is 11.5. The molecule has 10 heteroatoms. The monoisotopic (exact) mass is 508 g/mol. The first kappa shape index (κ1) is 25.5. The fourth-order valence-corrected chi connectivity index (χ4v) is 4.65. The van der Waals surface area contributed by atoms with Crippen LogP contribution >= 0.6 is 11.6 Å². The third kappa shape index (κ3) is 7.00. The maximum Gasteiger partial charge on any atom is 0.417 e. The van der Waals surface area contributed by atoms with Crippen LogP contribution in [0.1, 0.15) is 36.8 Å². The number of anilines is 1. The molecule has 0 bridgehead atoms. The summed E-state index contributed by atoms with van der Waals surface area (Å²) in [6.45, 7) is 5.21. The van der Waals surface area contributed by atoms with Crippen molar-refractivity contribution < 1.29 is 22.6 Å². The summed E-state index contributed by atoms with van der Waals surface area (Å²) in [7, 11) is 0. The van der Waals surface area contributed by atoms with Crippen LogP contribution in [0.25, 0.3) is 0 Å². The molecule has 1 aliphatic heterocycles. The normalized spacial score (nSPS) is 21.5. The highest BCUT2D eigenvalue weighted by molar-refractivity contribution is 6.30. The lowest BCUT2D eigenvalue weighted by Crippen LogP contribution is -2.47. The maximum atomic E-state index is 13.2. The van der Waals surface area contributed by atoms with E-state index in [1.165, 1.54) is 12.1 Å². The molecule has 1 saturated carbocycles. The molecule has 0 atom stereocenters. The van der Waals surface area contributed by atoms with Gasteiger partial charge in [0, 0.05) is 38.9 Å². The Labute approximate surface area is 208 Å². The molecule has 0 N–H and O–H groups in total. The number of pyridine rings is 1. The standard InChI is InChI=1S/C25H28ClF3N4O2/c26-19-2-8-24(31-17-19)33-11-9-32(10-12-33)13-14-34-20-4-6-21(7-5-20)35-22-3-1-18(16-30)23(15-22)25(27,28)29/h1-3,8,15,17,20-21H,4-7,9-14H2. The highest BCUT2D eigenvalue weighted by Crippen LogP contribution is 2.35. The zero-order valence-electron chi connectivity index (χ0n) is 19.3. The minimum absolute atomic E-state index is 0.140. The van der Waals surface area contributed by atoms with Crippen LogP contribution < -0.4 is 9.64 Å². The van der Waals surface area contributed by atoms with Gasteiger partial charge in [-0.15, -0.1) is 0 Å². The molecule has 188 valence electrons. The van der Waals surface area contributed by atoms with Crippen LogP contribution in [-0.2, 0) is 10.9 Å². The van der Waals surface area contributed by atoms with E-state index in [1.54, 1.807) is 12.3 Å². The summed E-state index contributed by atoms with van der Waals surface area (Å²) < 4.78 is 51.4. The van der Waals surface area contributed by atoms with Gasteiger partial charge in [-0.25, -0.2) is 4.98 Å². The van der Waals surface area contributed by atoms with E-state index in [2.05, 4.69) is 14.8 Å². The van der Waals surface area contributed by atoms with E-state index in [0.29, 0.717) is 11.6 Å². The van der Waals surface area contributed by atoms with Crippen LogP contribution in [0, 0.1) is 11.3 Å². The number of nitriles is 1. The van der Waals surface area contributed by atoms with Crippen molar-refractivity contribution in [1.29, 1.82) is 5.26 Å². The Kier molecular flexibility index (Phi) is 8.37. The van der Waals surface area contributed by atoms with E-state index >= 15 is 0 Å². The predicted molar refractivity (Wildman–Crippen MR) is 127 cm³/mol. The zero-order chi connectivity index (χ0) is 24.8. The Bertz CT molecular complexity index is 1010. The molecular formula is C25H28ClF3N4O2. The van der Waals surface area contributed by atoms with Crippen molar-refractivity contribution in [2.75, 3.05) is 44.2 Å². The first-order valence-corrected chi connectivity index (χ1v) is 12.2. The Morgan fingerprint density at radius 2 is 1.74 bits per heavy atom. The summed E-state index contributed by atoms with van der Waals surface area (Å²) in [4.78, 5) is 9.01. The van der Waals surface area contributed by atoms with Gasteiger partial charge in [-0.05, 0) is 56.0 Å². The number of benzene rings is 1. The van der Waals surface area contributed by atoms with Gasteiger partial charge in [0.2, 0.25) is 0 Å². The van der Waals surface area contributed by atoms with E-state index in [1.807, 2.05) is 12.1 Å². The molecule has 6 nitrogen and oxygen atoms in total. The molecule has 2 fully saturated rings. The number of halogens is 4. The van der Waals surface area contributed by atoms with Gasteiger partial charge in [0.25, 0.3) is 0 Å². The van der Waals surface area contributed by atoms with Gasteiger partial charge in [-0.3, -0.25) is 4.90 Å². The molecule has 0 radical (unpaired) electrons. The van der Waals surface area contributed by atoms with Crippen LogP contribution in [0.15, 0.2) is 36.5 Å². The first-order valence-electron chi connectivity index (χ1n) is 11.8. The van der Waals surface area contributed by atoms with Gasteiger partial charge in [-0.2, -0.15) is 18.4 Å². The van der Waals surface area contributed by atoms with Gasteiger partial charge in [0.05, 0.1) is 41.0 Å². The fraction of sp³-hybridized carbons (Fsp3) is 0.520. The Morgan fingerprint density at radius 1 is 1.03 bits per heavy atom. The fourth-order valence-electron chi connectivity index (χ4n) is 4.54. The largest absolute Gasteiger partial charge is 0.490 e. The molecule has 0 amide bonds. The Hall–Kier alpha value is -2.54. The summed E-state index contributed by atoms with van der Waals surface area (Å²) in [5, 5.41) is 9.56. The van der Waals surface area contributed by atoms with Crippen molar-refractivity contribution in [1.82, 2.24) is 9.88 Å². The van der Waals surface area contributed by atoms with E-state index in [9.17, 15) is 13.2 Å². The molecular weight excluding hydrogens is 481 g/mol. The second-order valence-electron chi connectivity index (χ2n) is 8.87. The van der Waals surface area contributed by atoms with E-state index < -0.39 is 17.3 Å². The maximum absolute atomic E-state index is 13.2. The molecule has 1 aromatic heterocycles. The SMILES string of the molecule is N#Cc1ccc(OC2CCC(OCCN3CCN(c4ccc(Cl)cn4)CC3)CC2)cc1C(F)(F)F. The van der Waals surface area contributed by atoms with Crippen molar-refractivity contribution in [3.05, 3.63) is 52.7 Å². The lowest BCUT2D eigenvalue weighted by atomic mass is 9.95. The molecule has 2 aliphatic rings. The lowest BCUT2D eigenvalue weighted by molar-refractivity contribution is -0.137. The second-order valence-corrected chi connectivity index (χ2v) is 9.30. The third-order valence-electron chi connectivity index (χ3n) is 6.51. The summed E-state index contributed by atoms with van der Waals surface area (Å²) in [5.41, 5.74) is -1.36. The molecule has 0 unspecified atom stereocenters. The molecule has 2 aromatic rings. The quantitative estimate of drug-likeness (QED) is 0.515. The summed E-state index contributed by atoms with van der Waals surface area (Å²) in [6.07, 6.45) is 0.125. The highest BCUT2D eigenvalue weighted by Gasteiger charge is 2.34. The molecule has 1 aliphatic carbocycles. The topological polar surface area (TPSA) is 61.6 Å². The van der Waals surface area contributed by atoms with Crippen molar-refractivity contribution in [2.45, 2.75) is 44.1 Å². The van der Waals surface area contributed by atoms with Gasteiger partial charge in [-0.1, -0.05) is 11.6 Å². The molecule has 4 rings (SSSR count). The van der Waals surface area contributed by atoms with Crippen LogP contribution in [0.2, 0.25) is 5.02 Å². The lowest BCUT2D eigenvalue weighted by Gasteiger charge is -2.36. The number of nitrogens with zero attached hydrogens (tertiary/aromatic N) is 4. The van der Waals surface area contributed by atoms with Crippen molar-refractivity contribution in [3.8, 4) is 11.8 Å². The average molecular weight is 509 g/mol. The number of hydrogen-bond acceptors (Lipinski definition) is 6. The first-order chi connectivity index (χ1) is 16.8. The molecule has 35 heavy (non-hydrogen) atoms. The van der Waals surface area contributed by atoms with E-state index in [4.69, 9.17) is 26.3 Å². The van der Waals surface area contributed by atoms with Crippen molar-refractivity contribution >= 4 is 17.4 Å². The van der Waals surface area contributed by atoms with Gasteiger partial charge in [0.15, 0.2) is 0 Å². The van der Waals surface area contributed by atoms with E-state index in [0.717, 1.165) is 70.3 Å². The highest BCUT2D eigenvalue weighted by atomic mass is 35.5. The molecule has 1 saturated heterocycles. The third-order valence-corrected chi connectivity index (χ3v) is 6.73. The average Bonchev–Trinajstić information content (AvgIpc) is 2.85. The number of ether oxygens (including phenoxy) is 2. The number of rotatable bonds is 7. The summed E-state index contributed by atoms with van der Waals surface area (Å²) >= 11 is 5.91.